The molecule has 0 bridgehead atoms. The highest BCUT2D eigenvalue weighted by Gasteiger charge is 2.07. The van der Waals surface area contributed by atoms with Crippen LogP contribution in [0.1, 0.15) is 19.4 Å². The first-order valence-electron chi connectivity index (χ1n) is 5.70. The smallest absolute Gasteiger partial charge is 0.229 e. The molecule has 1 aromatic rings. The van der Waals surface area contributed by atoms with Gasteiger partial charge in [-0.1, -0.05) is 0 Å². The average molecular weight is 256 g/mol. The Morgan fingerprint density at radius 1 is 1.24 bits per heavy atom. The third-order valence-electron chi connectivity index (χ3n) is 2.63. The van der Waals surface area contributed by atoms with Crippen molar-refractivity contribution < 1.29 is 8.42 Å². The molecule has 1 aromatic carbocycles. The number of benzene rings is 1. The maximum Gasteiger partial charge on any atom is 0.229 e. The van der Waals surface area contributed by atoms with Crippen molar-refractivity contribution in [3.05, 3.63) is 23.8 Å². The van der Waals surface area contributed by atoms with Crippen molar-refractivity contribution in [2.75, 3.05) is 29.0 Å². The second-order valence-corrected chi connectivity index (χ2v) is 5.79. The summed E-state index contributed by atoms with van der Waals surface area (Å²) in [6.07, 6.45) is 1.16. The quantitative estimate of drug-likeness (QED) is 0.878. The van der Waals surface area contributed by atoms with Crippen LogP contribution in [0.5, 0.6) is 0 Å². The zero-order chi connectivity index (χ0) is 13.1. The van der Waals surface area contributed by atoms with Crippen LogP contribution in [0.15, 0.2) is 18.2 Å². The summed E-state index contributed by atoms with van der Waals surface area (Å²) in [7, 11) is -3.21. The van der Waals surface area contributed by atoms with E-state index in [1.165, 1.54) is 0 Å². The first kappa shape index (κ1) is 13.8. The van der Waals surface area contributed by atoms with E-state index in [0.29, 0.717) is 5.69 Å². The molecule has 0 fully saturated rings. The van der Waals surface area contributed by atoms with Crippen LogP contribution in [0, 0.1) is 6.92 Å². The summed E-state index contributed by atoms with van der Waals surface area (Å²) in [5.74, 6) is 0. The monoisotopic (exact) mass is 256 g/mol. The molecule has 1 N–H and O–H groups in total. The fraction of sp³-hybridized carbons (Fsp3) is 0.500. The van der Waals surface area contributed by atoms with Crippen LogP contribution < -0.4 is 9.62 Å². The Morgan fingerprint density at radius 2 is 1.82 bits per heavy atom. The fourth-order valence-corrected chi connectivity index (χ4v) is 2.38. The largest absolute Gasteiger partial charge is 0.372 e. The first-order chi connectivity index (χ1) is 7.87. The molecule has 0 unspecified atom stereocenters. The predicted molar refractivity (Wildman–Crippen MR) is 73.2 cm³/mol. The van der Waals surface area contributed by atoms with Gasteiger partial charge in [-0.2, -0.15) is 0 Å². The molecule has 0 amide bonds. The molecule has 0 atom stereocenters. The second kappa shape index (κ2) is 5.40. The highest BCUT2D eigenvalue weighted by Crippen LogP contribution is 2.23. The Balaban J connectivity index is 3.01. The highest BCUT2D eigenvalue weighted by molar-refractivity contribution is 7.92. The fourth-order valence-electron chi connectivity index (χ4n) is 1.75. The van der Waals surface area contributed by atoms with Crippen molar-refractivity contribution in [1.82, 2.24) is 0 Å². The number of nitrogens with one attached hydrogen (secondary N) is 1. The molecule has 0 saturated heterocycles. The van der Waals surface area contributed by atoms with E-state index in [1.54, 1.807) is 0 Å². The van der Waals surface area contributed by atoms with E-state index in [4.69, 9.17) is 0 Å². The van der Waals surface area contributed by atoms with E-state index in [1.807, 2.05) is 25.1 Å². The minimum atomic E-state index is -3.21. The van der Waals surface area contributed by atoms with Crippen LogP contribution in [0.25, 0.3) is 0 Å². The number of nitrogens with zero attached hydrogens (tertiary/aromatic N) is 1. The van der Waals surface area contributed by atoms with E-state index < -0.39 is 10.0 Å². The zero-order valence-electron chi connectivity index (χ0n) is 10.8. The van der Waals surface area contributed by atoms with E-state index in [2.05, 4.69) is 23.5 Å². The number of hydrogen-bond acceptors (Lipinski definition) is 3. The Bertz CT molecular complexity index is 479. The lowest BCUT2D eigenvalue weighted by molar-refractivity contribution is 0.607. The Kier molecular flexibility index (Phi) is 4.40. The third kappa shape index (κ3) is 3.93. The Hall–Kier alpha value is -1.23. The van der Waals surface area contributed by atoms with E-state index >= 15 is 0 Å². The molecule has 96 valence electrons. The molecular formula is C12H20N2O2S. The molecule has 1 rings (SSSR count). The lowest BCUT2D eigenvalue weighted by Crippen LogP contribution is -2.22. The highest BCUT2D eigenvalue weighted by atomic mass is 32.2. The van der Waals surface area contributed by atoms with Crippen LogP contribution in [-0.2, 0) is 10.0 Å². The Morgan fingerprint density at radius 3 is 2.24 bits per heavy atom. The maximum atomic E-state index is 11.2. The molecule has 0 aliphatic rings. The molecule has 0 spiro atoms. The lowest BCUT2D eigenvalue weighted by atomic mass is 10.1. The van der Waals surface area contributed by atoms with Gasteiger partial charge in [-0.3, -0.25) is 4.72 Å². The van der Waals surface area contributed by atoms with Crippen LogP contribution in [0.3, 0.4) is 0 Å². The van der Waals surface area contributed by atoms with Gasteiger partial charge >= 0.3 is 0 Å². The SMILES string of the molecule is CCN(CC)c1ccc(NS(C)(=O)=O)c(C)c1. The molecule has 0 saturated carbocycles. The number of hydrogen-bond donors (Lipinski definition) is 1. The van der Waals surface area contributed by atoms with Crippen LogP contribution >= 0.6 is 0 Å². The normalized spacial score (nSPS) is 11.3. The van der Waals surface area contributed by atoms with Crippen LogP contribution in [0.4, 0.5) is 11.4 Å². The third-order valence-corrected chi connectivity index (χ3v) is 3.22. The summed E-state index contributed by atoms with van der Waals surface area (Å²) >= 11 is 0. The van der Waals surface area contributed by atoms with Gasteiger partial charge in [0.05, 0.1) is 11.9 Å². The van der Waals surface area contributed by atoms with Gasteiger partial charge in [-0.25, -0.2) is 8.42 Å². The lowest BCUT2D eigenvalue weighted by Gasteiger charge is -2.22. The van der Waals surface area contributed by atoms with Gasteiger partial charge in [0.15, 0.2) is 0 Å². The molecule has 0 radical (unpaired) electrons. The van der Waals surface area contributed by atoms with Gasteiger partial charge in [-0.15, -0.1) is 0 Å². The zero-order valence-corrected chi connectivity index (χ0v) is 11.6. The van der Waals surface area contributed by atoms with Crippen molar-refractivity contribution in [1.29, 1.82) is 0 Å². The van der Waals surface area contributed by atoms with E-state index in [-0.39, 0.29) is 0 Å². The molecule has 5 heteroatoms. The summed E-state index contributed by atoms with van der Waals surface area (Å²) in [4.78, 5) is 2.22. The van der Waals surface area contributed by atoms with Gasteiger partial charge in [0.1, 0.15) is 0 Å². The molecular weight excluding hydrogens is 236 g/mol. The number of anilines is 2. The molecule has 0 aliphatic heterocycles. The standard InChI is InChI=1S/C12H20N2O2S/c1-5-14(6-2)11-7-8-12(10(3)9-11)13-17(4,15)16/h7-9,13H,5-6H2,1-4H3. The van der Waals surface area contributed by atoms with Crippen LogP contribution in [0.2, 0.25) is 0 Å². The number of rotatable bonds is 5. The van der Waals surface area contributed by atoms with Gasteiger partial charge in [-0.05, 0) is 44.5 Å². The van der Waals surface area contributed by atoms with E-state index in [0.717, 1.165) is 30.6 Å². The predicted octanol–water partition coefficient (Wildman–Crippen LogP) is 2.21. The number of sulfonamides is 1. The van der Waals surface area contributed by atoms with Gasteiger partial charge in [0.25, 0.3) is 0 Å². The molecule has 0 aromatic heterocycles. The van der Waals surface area contributed by atoms with Crippen LogP contribution in [-0.4, -0.2) is 27.8 Å². The second-order valence-electron chi connectivity index (χ2n) is 4.05. The summed E-state index contributed by atoms with van der Waals surface area (Å²) < 4.78 is 24.8. The summed E-state index contributed by atoms with van der Waals surface area (Å²) in [6.45, 7) is 7.98. The van der Waals surface area contributed by atoms with Crippen molar-refractivity contribution in [2.24, 2.45) is 0 Å². The minimum Gasteiger partial charge on any atom is -0.372 e. The molecule has 0 heterocycles. The van der Waals surface area contributed by atoms with Gasteiger partial charge < -0.3 is 4.90 Å². The summed E-state index contributed by atoms with van der Waals surface area (Å²) in [6, 6.07) is 5.75. The first-order valence-corrected chi connectivity index (χ1v) is 7.60. The number of aryl methyl sites for hydroxylation is 1. The molecule has 17 heavy (non-hydrogen) atoms. The Labute approximate surface area is 104 Å². The average Bonchev–Trinajstić information content (AvgIpc) is 2.22. The minimum absolute atomic E-state index is 0.642. The van der Waals surface area contributed by atoms with Crippen molar-refractivity contribution in [3.63, 3.8) is 0 Å². The van der Waals surface area contributed by atoms with Crippen molar-refractivity contribution in [2.45, 2.75) is 20.8 Å². The van der Waals surface area contributed by atoms with Crippen molar-refractivity contribution in [3.8, 4) is 0 Å². The summed E-state index contributed by atoms with van der Waals surface area (Å²) in [5.41, 5.74) is 2.69. The maximum absolute atomic E-state index is 11.2. The topological polar surface area (TPSA) is 49.4 Å². The summed E-state index contributed by atoms with van der Waals surface area (Å²) in [5, 5.41) is 0. The molecule has 4 nitrogen and oxygen atoms in total. The molecule has 0 aliphatic carbocycles. The van der Waals surface area contributed by atoms with Crippen molar-refractivity contribution >= 4 is 21.4 Å². The van der Waals surface area contributed by atoms with Gasteiger partial charge in [0.2, 0.25) is 10.0 Å². The van der Waals surface area contributed by atoms with Gasteiger partial charge in [0, 0.05) is 18.8 Å². The van der Waals surface area contributed by atoms with E-state index in [9.17, 15) is 8.42 Å².